The van der Waals surface area contributed by atoms with Gasteiger partial charge in [-0.2, -0.15) is 0 Å². The summed E-state index contributed by atoms with van der Waals surface area (Å²) in [7, 11) is 0.673. The van der Waals surface area contributed by atoms with E-state index < -0.39 is 15.1 Å². The minimum atomic E-state index is -3.15. The lowest BCUT2D eigenvalue weighted by atomic mass is 10.00. The fourth-order valence-corrected chi connectivity index (χ4v) is 6.85. The highest BCUT2D eigenvalue weighted by Gasteiger charge is 2.53. The summed E-state index contributed by atoms with van der Waals surface area (Å²) in [5.41, 5.74) is 2.65. The first-order valence-corrected chi connectivity index (χ1v) is 10.9. The van der Waals surface area contributed by atoms with Gasteiger partial charge in [0.1, 0.15) is 0 Å². The predicted octanol–water partition coefficient (Wildman–Crippen LogP) is 2.15. The number of amides is 1. The molecule has 27 heavy (non-hydrogen) atoms. The van der Waals surface area contributed by atoms with E-state index in [0.29, 0.717) is 18.7 Å². The van der Waals surface area contributed by atoms with Gasteiger partial charge in [-0.05, 0) is 37.4 Å². The zero-order chi connectivity index (χ0) is 19.2. The summed E-state index contributed by atoms with van der Waals surface area (Å²) in [5.74, 6) is 0.0991. The predicted molar refractivity (Wildman–Crippen MR) is 106 cm³/mol. The third-order valence-corrected chi connectivity index (χ3v) is 8.06. The molecule has 0 unspecified atom stereocenters. The Bertz CT molecular complexity index is 956. The molecule has 4 rings (SSSR count). The molecule has 142 valence electrons. The van der Waals surface area contributed by atoms with Crippen LogP contribution in [0.4, 0.5) is 0 Å². The number of nitrogens with zero attached hydrogens (tertiary/aromatic N) is 2. The standard InChI is InChI=1S/C21H24N2O3S/c1-22(2)19-14-27(25,26)20-13-23(12-18(19)20)21(24)17-10-6-9-16(11-17)15-7-4-3-5-8-15/h3-11,18-20H,12-14H2,1-2H3/t18-,19+,20-/m0/s1. The van der Waals surface area contributed by atoms with Gasteiger partial charge in [0.25, 0.3) is 5.91 Å². The summed E-state index contributed by atoms with van der Waals surface area (Å²) in [5, 5.41) is -0.439. The van der Waals surface area contributed by atoms with Crippen molar-refractivity contribution in [1.29, 1.82) is 0 Å². The Hall–Kier alpha value is -2.18. The van der Waals surface area contributed by atoms with Crippen molar-refractivity contribution in [2.75, 3.05) is 32.9 Å². The van der Waals surface area contributed by atoms with Crippen molar-refractivity contribution in [3.63, 3.8) is 0 Å². The second-order valence-electron chi connectivity index (χ2n) is 7.72. The molecule has 0 bridgehead atoms. The van der Waals surface area contributed by atoms with Crippen molar-refractivity contribution in [3.05, 3.63) is 60.2 Å². The molecule has 2 aromatic rings. The number of carbonyl (C=O) groups is 1. The number of hydrogen-bond acceptors (Lipinski definition) is 4. The molecule has 0 saturated carbocycles. The summed E-state index contributed by atoms with van der Waals surface area (Å²) in [6, 6.07) is 17.5. The third kappa shape index (κ3) is 3.28. The van der Waals surface area contributed by atoms with E-state index in [4.69, 9.17) is 0 Å². The molecule has 2 heterocycles. The lowest BCUT2D eigenvalue weighted by molar-refractivity contribution is 0.0779. The van der Waals surface area contributed by atoms with Crippen LogP contribution in [0.2, 0.25) is 0 Å². The van der Waals surface area contributed by atoms with Crippen molar-refractivity contribution in [3.8, 4) is 11.1 Å². The smallest absolute Gasteiger partial charge is 0.253 e. The number of sulfone groups is 1. The molecule has 1 amide bonds. The lowest BCUT2D eigenvalue weighted by Gasteiger charge is -2.25. The zero-order valence-corrected chi connectivity index (χ0v) is 16.4. The molecule has 3 atom stereocenters. The van der Waals surface area contributed by atoms with Gasteiger partial charge in [-0.25, -0.2) is 8.42 Å². The monoisotopic (exact) mass is 384 g/mol. The van der Waals surface area contributed by atoms with E-state index in [1.54, 1.807) is 11.0 Å². The average molecular weight is 385 g/mol. The van der Waals surface area contributed by atoms with E-state index in [0.717, 1.165) is 11.1 Å². The van der Waals surface area contributed by atoms with Crippen LogP contribution in [0.3, 0.4) is 0 Å². The van der Waals surface area contributed by atoms with Gasteiger partial charge in [0.05, 0.1) is 11.0 Å². The Morgan fingerprint density at radius 2 is 1.70 bits per heavy atom. The second kappa shape index (κ2) is 6.77. The second-order valence-corrected chi connectivity index (χ2v) is 9.98. The molecule has 2 aliphatic rings. The van der Waals surface area contributed by atoms with Gasteiger partial charge in [0, 0.05) is 30.6 Å². The van der Waals surface area contributed by atoms with E-state index in [2.05, 4.69) is 0 Å². The van der Waals surface area contributed by atoms with Crippen LogP contribution in [0.15, 0.2) is 54.6 Å². The number of benzene rings is 2. The first kappa shape index (κ1) is 18.2. The summed E-state index contributed by atoms with van der Waals surface area (Å²) < 4.78 is 25.1. The van der Waals surface area contributed by atoms with Gasteiger partial charge >= 0.3 is 0 Å². The summed E-state index contributed by atoms with van der Waals surface area (Å²) in [6.07, 6.45) is 0. The minimum Gasteiger partial charge on any atom is -0.337 e. The summed E-state index contributed by atoms with van der Waals surface area (Å²) in [4.78, 5) is 16.8. The number of rotatable bonds is 3. The van der Waals surface area contributed by atoms with Crippen LogP contribution in [0.1, 0.15) is 10.4 Å². The fourth-order valence-electron chi connectivity index (χ4n) is 4.38. The quantitative estimate of drug-likeness (QED) is 0.814. The first-order valence-electron chi connectivity index (χ1n) is 9.19. The molecule has 0 spiro atoms. The Labute approximate surface area is 160 Å². The maximum absolute atomic E-state index is 13.1. The maximum atomic E-state index is 13.1. The van der Waals surface area contributed by atoms with Gasteiger partial charge in [-0.3, -0.25) is 4.79 Å². The zero-order valence-electron chi connectivity index (χ0n) is 15.6. The highest BCUT2D eigenvalue weighted by molar-refractivity contribution is 7.92. The van der Waals surface area contributed by atoms with Crippen LogP contribution in [0.25, 0.3) is 11.1 Å². The molecule has 0 aliphatic carbocycles. The molecule has 2 fully saturated rings. The summed E-state index contributed by atoms with van der Waals surface area (Å²) in [6.45, 7) is 0.798. The molecule has 0 N–H and O–H groups in total. The Balaban J connectivity index is 1.58. The average Bonchev–Trinajstić information content (AvgIpc) is 3.21. The molecule has 0 aromatic heterocycles. The largest absolute Gasteiger partial charge is 0.337 e. The highest BCUT2D eigenvalue weighted by Crippen LogP contribution is 2.36. The van der Waals surface area contributed by atoms with Gasteiger partial charge in [0.15, 0.2) is 9.84 Å². The van der Waals surface area contributed by atoms with Gasteiger partial charge in [-0.15, -0.1) is 0 Å². The number of carbonyl (C=O) groups excluding carboxylic acids is 1. The van der Waals surface area contributed by atoms with E-state index in [1.165, 1.54) is 0 Å². The Kier molecular flexibility index (Phi) is 4.56. The molecular formula is C21H24N2O3S. The molecule has 2 aliphatic heterocycles. The topological polar surface area (TPSA) is 57.7 Å². The molecule has 6 heteroatoms. The number of likely N-dealkylation sites (tertiary alicyclic amines) is 1. The third-order valence-electron chi connectivity index (χ3n) is 5.83. The van der Waals surface area contributed by atoms with E-state index in [1.807, 2.05) is 67.5 Å². The van der Waals surface area contributed by atoms with Crippen LogP contribution in [0.5, 0.6) is 0 Å². The highest BCUT2D eigenvalue weighted by atomic mass is 32.2. The number of fused-ring (bicyclic) bond motifs is 1. The van der Waals surface area contributed by atoms with Crippen LogP contribution < -0.4 is 0 Å². The SMILES string of the molecule is CN(C)[C@@H]1CS(=O)(=O)[C@H]2CN(C(=O)c3cccc(-c4ccccc4)c3)C[C@@H]12. The van der Waals surface area contributed by atoms with Crippen molar-refractivity contribution < 1.29 is 13.2 Å². The van der Waals surface area contributed by atoms with Crippen LogP contribution in [-0.2, 0) is 9.84 Å². The normalized spacial score (nSPS) is 26.3. The van der Waals surface area contributed by atoms with Crippen molar-refractivity contribution in [2.24, 2.45) is 5.92 Å². The number of hydrogen-bond donors (Lipinski definition) is 0. The van der Waals surface area contributed by atoms with Crippen LogP contribution in [-0.4, -0.2) is 68.4 Å². The Morgan fingerprint density at radius 3 is 2.41 bits per heavy atom. The lowest BCUT2D eigenvalue weighted by Crippen LogP contribution is -2.38. The van der Waals surface area contributed by atoms with Crippen LogP contribution >= 0.6 is 0 Å². The minimum absolute atomic E-state index is 0.00810. The molecule has 5 nitrogen and oxygen atoms in total. The van der Waals surface area contributed by atoms with Crippen LogP contribution in [0, 0.1) is 5.92 Å². The molecule has 2 saturated heterocycles. The molecular weight excluding hydrogens is 360 g/mol. The first-order chi connectivity index (χ1) is 12.9. The van der Waals surface area contributed by atoms with E-state index in [9.17, 15) is 13.2 Å². The summed E-state index contributed by atoms with van der Waals surface area (Å²) >= 11 is 0. The maximum Gasteiger partial charge on any atom is 0.253 e. The van der Waals surface area contributed by atoms with Gasteiger partial charge < -0.3 is 9.80 Å². The van der Waals surface area contributed by atoms with E-state index >= 15 is 0 Å². The molecule has 2 aromatic carbocycles. The van der Waals surface area contributed by atoms with Gasteiger partial charge in [0.2, 0.25) is 0 Å². The fraction of sp³-hybridized carbons (Fsp3) is 0.381. The Morgan fingerprint density at radius 1 is 1.00 bits per heavy atom. The van der Waals surface area contributed by atoms with Crippen molar-refractivity contribution in [2.45, 2.75) is 11.3 Å². The van der Waals surface area contributed by atoms with E-state index in [-0.39, 0.29) is 23.6 Å². The van der Waals surface area contributed by atoms with Gasteiger partial charge in [-0.1, -0.05) is 42.5 Å². The van der Waals surface area contributed by atoms with Crippen molar-refractivity contribution in [1.82, 2.24) is 9.80 Å². The van der Waals surface area contributed by atoms with Crippen molar-refractivity contribution >= 4 is 15.7 Å². The molecule has 0 radical (unpaired) electrons.